The number of benzene rings is 1. The van der Waals surface area contributed by atoms with Crippen molar-refractivity contribution in [1.82, 2.24) is 15.6 Å². The number of alkyl halides is 2. The van der Waals surface area contributed by atoms with Crippen molar-refractivity contribution in [3.05, 3.63) is 59.9 Å². The van der Waals surface area contributed by atoms with Gasteiger partial charge in [0.1, 0.15) is 6.10 Å². The lowest BCUT2D eigenvalue weighted by Crippen LogP contribution is -2.67. The second kappa shape index (κ2) is 9.82. The number of hydrogen-bond acceptors (Lipinski definition) is 5. The van der Waals surface area contributed by atoms with Crippen LogP contribution in [0, 0.1) is 29.1 Å². The predicted molar refractivity (Wildman–Crippen MR) is 137 cm³/mol. The SMILES string of the molecule is C[C@H]1OC(=O)[C@]2(NC(=O)NC3CCC3)CC(F)(F)[C@@H](C)[C@H](C=Cc3ccc(-c4ccccc4C#N)cn3)[C@H]12. The van der Waals surface area contributed by atoms with Crippen LogP contribution in [0.15, 0.2) is 48.7 Å². The van der Waals surface area contributed by atoms with Crippen molar-refractivity contribution < 1.29 is 23.1 Å². The molecule has 5 rings (SSSR count). The minimum atomic E-state index is -3.21. The third kappa shape index (κ3) is 4.53. The van der Waals surface area contributed by atoms with E-state index in [0.29, 0.717) is 11.3 Å². The predicted octanol–water partition coefficient (Wildman–Crippen LogP) is 5.08. The van der Waals surface area contributed by atoms with Gasteiger partial charge in [0.15, 0.2) is 5.54 Å². The van der Waals surface area contributed by atoms with Crippen molar-refractivity contribution >= 4 is 18.1 Å². The van der Waals surface area contributed by atoms with E-state index in [1.165, 1.54) is 6.92 Å². The number of fused-ring (bicyclic) bond motifs is 1. The zero-order valence-corrected chi connectivity index (χ0v) is 21.3. The van der Waals surface area contributed by atoms with Crippen LogP contribution in [0.2, 0.25) is 0 Å². The Morgan fingerprint density at radius 2 is 1.97 bits per heavy atom. The van der Waals surface area contributed by atoms with E-state index in [1.54, 1.807) is 43.5 Å². The number of esters is 1. The van der Waals surface area contributed by atoms with Crippen LogP contribution in [0.5, 0.6) is 0 Å². The van der Waals surface area contributed by atoms with Crippen molar-refractivity contribution in [2.24, 2.45) is 17.8 Å². The molecule has 2 aliphatic carbocycles. The standard InChI is InChI=1S/C29H30F2N4O3/c1-17-23(13-12-21-11-10-20(15-33-21)24-9-4-3-6-19(24)14-32)25-18(2)38-26(36)28(25,16-29(17,30)31)35-27(37)34-22-7-5-8-22/h3-4,6,9-13,15,17-18,22-23,25H,5,7-8,16H2,1-2H3,(H2,34,35,37)/t17-,18+,23-,25-,28-/m0/s1. The van der Waals surface area contributed by atoms with E-state index in [4.69, 9.17) is 4.74 Å². The van der Waals surface area contributed by atoms with Crippen LogP contribution in [0.3, 0.4) is 0 Å². The van der Waals surface area contributed by atoms with Gasteiger partial charge in [0, 0.05) is 41.6 Å². The molecule has 1 aromatic carbocycles. The summed E-state index contributed by atoms with van der Waals surface area (Å²) in [7, 11) is 0. The maximum Gasteiger partial charge on any atom is 0.332 e. The van der Waals surface area contributed by atoms with E-state index in [9.17, 15) is 14.9 Å². The van der Waals surface area contributed by atoms with Crippen molar-refractivity contribution in [3.63, 3.8) is 0 Å². The number of carbonyl (C=O) groups excluding carboxylic acids is 2. The number of rotatable bonds is 5. The van der Waals surface area contributed by atoms with Gasteiger partial charge in [-0.05, 0) is 50.3 Å². The summed E-state index contributed by atoms with van der Waals surface area (Å²) < 4.78 is 36.3. The first-order chi connectivity index (χ1) is 18.1. The zero-order chi connectivity index (χ0) is 27.1. The molecule has 2 heterocycles. The van der Waals surface area contributed by atoms with Crippen LogP contribution < -0.4 is 10.6 Å². The molecule has 5 atom stereocenters. The number of ether oxygens (including phenoxy) is 1. The van der Waals surface area contributed by atoms with Crippen LogP contribution >= 0.6 is 0 Å². The lowest BCUT2D eigenvalue weighted by Gasteiger charge is -2.48. The molecule has 3 fully saturated rings. The number of nitrogens with zero attached hydrogens (tertiary/aromatic N) is 2. The molecular formula is C29H30F2N4O3. The van der Waals surface area contributed by atoms with Crippen molar-refractivity contribution in [1.29, 1.82) is 5.26 Å². The number of carbonyl (C=O) groups is 2. The molecule has 1 saturated heterocycles. The molecule has 1 aromatic heterocycles. The summed E-state index contributed by atoms with van der Waals surface area (Å²) in [6.45, 7) is 3.16. The third-order valence-corrected chi connectivity index (χ3v) is 8.32. The first-order valence-electron chi connectivity index (χ1n) is 13.0. The lowest BCUT2D eigenvalue weighted by molar-refractivity contribution is -0.158. The summed E-state index contributed by atoms with van der Waals surface area (Å²) in [5.41, 5.74) is 0.770. The van der Waals surface area contributed by atoms with Gasteiger partial charge < -0.3 is 15.4 Å². The number of cyclic esters (lactones) is 1. The monoisotopic (exact) mass is 520 g/mol. The molecule has 0 bridgehead atoms. The molecule has 2 saturated carbocycles. The number of aromatic nitrogens is 1. The fourth-order valence-electron chi connectivity index (χ4n) is 5.99. The number of hydrogen-bond donors (Lipinski definition) is 2. The molecule has 1 aliphatic heterocycles. The van der Waals surface area contributed by atoms with Gasteiger partial charge in [0.25, 0.3) is 5.92 Å². The number of allylic oxidation sites excluding steroid dienone is 1. The molecule has 3 aliphatic rings. The van der Waals surface area contributed by atoms with Crippen LogP contribution in [0.25, 0.3) is 17.2 Å². The van der Waals surface area contributed by atoms with E-state index in [1.807, 2.05) is 18.2 Å². The summed E-state index contributed by atoms with van der Waals surface area (Å²) in [5.74, 6) is -6.55. The van der Waals surface area contributed by atoms with Crippen molar-refractivity contribution in [2.45, 2.75) is 63.1 Å². The highest BCUT2D eigenvalue weighted by Crippen LogP contribution is 2.55. The minimum absolute atomic E-state index is 0.00687. The first kappa shape index (κ1) is 25.8. The third-order valence-electron chi connectivity index (χ3n) is 8.32. The molecule has 0 spiro atoms. The molecule has 0 unspecified atom stereocenters. The van der Waals surface area contributed by atoms with Gasteiger partial charge in [-0.25, -0.2) is 18.4 Å². The van der Waals surface area contributed by atoms with Gasteiger partial charge in [0.05, 0.1) is 17.3 Å². The van der Waals surface area contributed by atoms with Gasteiger partial charge in [0.2, 0.25) is 0 Å². The highest BCUT2D eigenvalue weighted by molar-refractivity contribution is 5.90. The second-order valence-corrected chi connectivity index (χ2v) is 10.6. The lowest BCUT2D eigenvalue weighted by atomic mass is 9.60. The Morgan fingerprint density at radius 1 is 1.21 bits per heavy atom. The normalized spacial score (nSPS) is 30.1. The molecule has 7 nitrogen and oxygen atoms in total. The average Bonchev–Trinajstić information content (AvgIpc) is 3.10. The van der Waals surface area contributed by atoms with Crippen molar-refractivity contribution in [2.75, 3.05) is 0 Å². The van der Waals surface area contributed by atoms with Gasteiger partial charge in [-0.1, -0.05) is 37.3 Å². The summed E-state index contributed by atoms with van der Waals surface area (Å²) in [4.78, 5) is 30.2. The zero-order valence-electron chi connectivity index (χ0n) is 21.3. The van der Waals surface area contributed by atoms with E-state index >= 15 is 8.78 Å². The van der Waals surface area contributed by atoms with Gasteiger partial charge >= 0.3 is 12.0 Å². The summed E-state index contributed by atoms with van der Waals surface area (Å²) in [5, 5.41) is 14.8. The Balaban J connectivity index is 1.42. The molecule has 2 amide bonds. The molecule has 0 radical (unpaired) electrons. The Bertz CT molecular complexity index is 1300. The Labute approximate surface area is 220 Å². The second-order valence-electron chi connectivity index (χ2n) is 10.6. The van der Waals surface area contributed by atoms with Crippen LogP contribution in [-0.2, 0) is 9.53 Å². The molecule has 38 heavy (non-hydrogen) atoms. The largest absolute Gasteiger partial charge is 0.460 e. The molecule has 2 N–H and O–H groups in total. The topological polar surface area (TPSA) is 104 Å². The van der Waals surface area contributed by atoms with Crippen LogP contribution in [0.4, 0.5) is 13.6 Å². The maximum atomic E-state index is 15.4. The minimum Gasteiger partial charge on any atom is -0.460 e. The fourth-order valence-corrected chi connectivity index (χ4v) is 5.99. The molecular weight excluding hydrogens is 490 g/mol. The molecule has 198 valence electrons. The quantitative estimate of drug-likeness (QED) is 0.536. The van der Waals surface area contributed by atoms with Crippen molar-refractivity contribution in [3.8, 4) is 17.2 Å². The smallest absolute Gasteiger partial charge is 0.332 e. The van der Waals surface area contributed by atoms with Gasteiger partial charge in [-0.15, -0.1) is 0 Å². The number of halogens is 2. The number of pyridine rings is 1. The maximum absolute atomic E-state index is 15.4. The van der Waals surface area contributed by atoms with Gasteiger partial charge in [-0.3, -0.25) is 4.98 Å². The Kier molecular flexibility index (Phi) is 6.68. The summed E-state index contributed by atoms with van der Waals surface area (Å²) in [6, 6.07) is 12.3. The number of nitriles is 1. The van der Waals surface area contributed by atoms with Gasteiger partial charge in [-0.2, -0.15) is 5.26 Å². The Hall–Kier alpha value is -3.80. The number of urea groups is 1. The summed E-state index contributed by atoms with van der Waals surface area (Å²) >= 11 is 0. The number of nitrogens with one attached hydrogen (secondary N) is 2. The van der Waals surface area contributed by atoms with Crippen LogP contribution in [0.1, 0.15) is 50.8 Å². The molecule has 2 aromatic rings. The fraction of sp³-hybridized carbons (Fsp3) is 0.448. The average molecular weight is 521 g/mol. The number of amides is 2. The molecule has 9 heteroatoms. The first-order valence-corrected chi connectivity index (χ1v) is 13.0. The van der Waals surface area contributed by atoms with E-state index in [0.717, 1.165) is 30.4 Å². The highest BCUT2D eigenvalue weighted by Gasteiger charge is 2.68. The Morgan fingerprint density at radius 3 is 2.63 bits per heavy atom. The highest BCUT2D eigenvalue weighted by atomic mass is 19.3. The summed E-state index contributed by atoms with van der Waals surface area (Å²) in [6.07, 6.45) is 6.16. The van der Waals surface area contributed by atoms with E-state index in [2.05, 4.69) is 21.7 Å². The van der Waals surface area contributed by atoms with E-state index < -0.39 is 53.7 Å². The van der Waals surface area contributed by atoms with Crippen LogP contribution in [-0.4, -0.2) is 40.6 Å². The van der Waals surface area contributed by atoms with E-state index in [-0.39, 0.29) is 6.04 Å².